The molecule has 0 saturated carbocycles. The first-order valence-corrected chi connectivity index (χ1v) is 13.4. The Morgan fingerprint density at radius 1 is 1.25 bits per heavy atom. The molecule has 1 fully saturated rings. The fraction of sp³-hybridized carbons (Fsp3) is 0.417. The number of alkyl halides is 4. The number of likely N-dealkylation sites (tertiary alicyclic amines) is 1. The Hall–Kier alpha value is -2.95. The molecule has 2 N–H and O–H groups in total. The van der Waals surface area contributed by atoms with Crippen LogP contribution in [0.2, 0.25) is 0 Å². The van der Waals surface area contributed by atoms with Gasteiger partial charge in [0.15, 0.2) is 16.9 Å². The molecular formula is C24H22BrF5N4O5S. The van der Waals surface area contributed by atoms with Gasteiger partial charge < -0.3 is 19.9 Å². The number of piperidine rings is 1. The van der Waals surface area contributed by atoms with E-state index in [2.05, 4.69) is 36.0 Å². The highest BCUT2D eigenvalue weighted by molar-refractivity contribution is 9.10. The number of hydrogen-bond donors (Lipinski definition) is 2. The standard InChI is InChI=1S/C24H22BrF5N4O5S/c1-2-38-21(37)17-15(8-34-10-23(27,28)22(24(29,30)11-34)39-9-16(35)36)32-19(20-31-5-6-40-20)33-18(17)13-4-3-12(26)7-14(13)25/h3-7,18,22H,2,8-11H2,1H3,(H,32,33)(H,35,36)/t18-/m0/s1. The monoisotopic (exact) mass is 652 g/mol. The SMILES string of the molecule is CCOC(=O)C1=C(CN2CC(F)(F)C(OCC(=O)O)C(F)(F)C2)NC(c2nccs2)=N[C@H]1c1ccc(F)cc1Br. The van der Waals surface area contributed by atoms with Crippen LogP contribution in [0.5, 0.6) is 0 Å². The van der Waals surface area contributed by atoms with Gasteiger partial charge in [0.05, 0.1) is 25.3 Å². The third-order valence-electron chi connectivity index (χ3n) is 5.90. The zero-order valence-electron chi connectivity index (χ0n) is 20.7. The van der Waals surface area contributed by atoms with Gasteiger partial charge in [-0.25, -0.2) is 36.5 Å². The summed E-state index contributed by atoms with van der Waals surface area (Å²) in [5.74, 6) is -11.3. The smallest absolute Gasteiger partial charge is 0.338 e. The summed E-state index contributed by atoms with van der Waals surface area (Å²) in [4.78, 5) is 33.4. The van der Waals surface area contributed by atoms with Gasteiger partial charge in [-0.1, -0.05) is 22.0 Å². The largest absolute Gasteiger partial charge is 0.480 e. The number of carboxylic acid groups (broad SMARTS) is 1. The van der Waals surface area contributed by atoms with Crippen molar-refractivity contribution in [2.75, 3.05) is 32.8 Å². The van der Waals surface area contributed by atoms with Crippen molar-refractivity contribution >= 4 is 45.0 Å². The molecule has 0 aliphatic carbocycles. The molecule has 4 rings (SSSR count). The first-order valence-electron chi connectivity index (χ1n) is 11.7. The van der Waals surface area contributed by atoms with Gasteiger partial charge in [-0.15, -0.1) is 11.3 Å². The molecule has 40 heavy (non-hydrogen) atoms. The Morgan fingerprint density at radius 2 is 1.95 bits per heavy atom. The second kappa shape index (κ2) is 11.9. The third kappa shape index (κ3) is 6.50. The number of amidine groups is 1. The molecule has 0 amide bonds. The van der Waals surface area contributed by atoms with Crippen molar-refractivity contribution in [3.63, 3.8) is 0 Å². The lowest BCUT2D eigenvalue weighted by molar-refractivity contribution is -0.267. The quantitative estimate of drug-likeness (QED) is 0.309. The van der Waals surface area contributed by atoms with Crippen LogP contribution in [-0.4, -0.2) is 83.6 Å². The summed E-state index contributed by atoms with van der Waals surface area (Å²) in [6.07, 6.45) is -1.47. The number of aromatic nitrogens is 1. The Kier molecular flexibility index (Phi) is 8.92. The second-order valence-electron chi connectivity index (χ2n) is 8.87. The van der Waals surface area contributed by atoms with Gasteiger partial charge in [0.1, 0.15) is 18.5 Å². The number of ether oxygens (including phenoxy) is 2. The van der Waals surface area contributed by atoms with Gasteiger partial charge >= 0.3 is 11.9 Å². The molecule has 216 valence electrons. The van der Waals surface area contributed by atoms with E-state index in [1.807, 2.05) is 0 Å². The van der Waals surface area contributed by atoms with E-state index in [-0.39, 0.29) is 28.2 Å². The molecule has 1 saturated heterocycles. The van der Waals surface area contributed by atoms with Crippen molar-refractivity contribution in [1.29, 1.82) is 0 Å². The van der Waals surface area contributed by atoms with Crippen LogP contribution in [-0.2, 0) is 19.1 Å². The molecule has 2 aliphatic heterocycles. The lowest BCUT2D eigenvalue weighted by Crippen LogP contribution is -2.64. The van der Waals surface area contributed by atoms with Crippen LogP contribution < -0.4 is 5.32 Å². The molecule has 0 unspecified atom stereocenters. The predicted octanol–water partition coefficient (Wildman–Crippen LogP) is 4.01. The Morgan fingerprint density at radius 3 is 2.52 bits per heavy atom. The Balaban J connectivity index is 1.76. The molecule has 9 nitrogen and oxygen atoms in total. The fourth-order valence-corrected chi connectivity index (χ4v) is 5.58. The van der Waals surface area contributed by atoms with Crippen molar-refractivity contribution in [2.24, 2.45) is 4.99 Å². The molecule has 0 bridgehead atoms. The van der Waals surface area contributed by atoms with E-state index in [1.165, 1.54) is 23.6 Å². The fourth-order valence-electron chi connectivity index (χ4n) is 4.43. The molecule has 16 heteroatoms. The summed E-state index contributed by atoms with van der Waals surface area (Å²) < 4.78 is 83.2. The molecule has 3 heterocycles. The number of carboxylic acids is 1. The minimum atomic E-state index is -4.14. The van der Waals surface area contributed by atoms with Crippen LogP contribution in [0, 0.1) is 5.82 Å². The summed E-state index contributed by atoms with van der Waals surface area (Å²) in [5.41, 5.74) is 0.135. The average molecular weight is 653 g/mol. The molecule has 0 radical (unpaired) electrons. The van der Waals surface area contributed by atoms with Crippen molar-refractivity contribution < 1.29 is 46.1 Å². The van der Waals surface area contributed by atoms with Crippen LogP contribution >= 0.6 is 27.3 Å². The third-order valence-corrected chi connectivity index (χ3v) is 7.37. The number of nitrogens with one attached hydrogen (secondary N) is 1. The summed E-state index contributed by atoms with van der Waals surface area (Å²) in [5, 5.41) is 13.6. The van der Waals surface area contributed by atoms with Crippen molar-refractivity contribution in [1.82, 2.24) is 15.2 Å². The predicted molar refractivity (Wildman–Crippen MR) is 136 cm³/mol. The number of rotatable bonds is 9. The lowest BCUT2D eigenvalue weighted by atomic mass is 9.94. The van der Waals surface area contributed by atoms with Gasteiger partial charge in [0.2, 0.25) is 0 Å². The minimum Gasteiger partial charge on any atom is -0.480 e. The number of carbonyl (C=O) groups is 2. The normalized spacial score (nSPS) is 21.1. The average Bonchev–Trinajstić information content (AvgIpc) is 3.37. The number of carbonyl (C=O) groups excluding carboxylic acids is 1. The first kappa shape index (κ1) is 30.0. The molecule has 1 atom stereocenters. The van der Waals surface area contributed by atoms with E-state index in [4.69, 9.17) is 9.84 Å². The Bertz CT molecular complexity index is 1320. The molecule has 1 aromatic carbocycles. The van der Waals surface area contributed by atoms with E-state index in [9.17, 15) is 31.5 Å². The Labute approximate surface area is 236 Å². The summed E-state index contributed by atoms with van der Waals surface area (Å²) in [6, 6.07) is 2.54. The lowest BCUT2D eigenvalue weighted by Gasteiger charge is -2.43. The van der Waals surface area contributed by atoms with Gasteiger partial charge in [-0.05, 0) is 24.6 Å². The van der Waals surface area contributed by atoms with E-state index < -0.39 is 68.0 Å². The number of thiazole rings is 1. The first-order chi connectivity index (χ1) is 18.8. The topological polar surface area (TPSA) is 113 Å². The van der Waals surface area contributed by atoms with Gasteiger partial charge in [0, 0.05) is 28.3 Å². The maximum atomic E-state index is 14.9. The number of aliphatic carboxylic acids is 1. The number of hydrogen-bond acceptors (Lipinski definition) is 9. The van der Waals surface area contributed by atoms with Gasteiger partial charge in [-0.2, -0.15) is 0 Å². The van der Waals surface area contributed by atoms with Gasteiger partial charge in [0.25, 0.3) is 11.8 Å². The highest BCUT2D eigenvalue weighted by Gasteiger charge is 2.61. The molecule has 2 aliphatic rings. The molecule has 0 spiro atoms. The van der Waals surface area contributed by atoms with Crippen LogP contribution in [0.4, 0.5) is 22.0 Å². The second-order valence-corrected chi connectivity index (χ2v) is 10.6. The highest BCUT2D eigenvalue weighted by Crippen LogP contribution is 2.41. The van der Waals surface area contributed by atoms with E-state index in [0.29, 0.717) is 10.6 Å². The van der Waals surface area contributed by atoms with E-state index in [1.54, 1.807) is 12.3 Å². The summed E-state index contributed by atoms with van der Waals surface area (Å²) in [6.45, 7) is -2.86. The molecule has 2 aromatic rings. The minimum absolute atomic E-state index is 0.0450. The van der Waals surface area contributed by atoms with Crippen molar-refractivity contribution in [3.05, 3.63) is 61.9 Å². The molecule has 1 aromatic heterocycles. The van der Waals surface area contributed by atoms with Crippen LogP contribution in [0.3, 0.4) is 0 Å². The van der Waals surface area contributed by atoms with Crippen LogP contribution in [0.25, 0.3) is 0 Å². The number of benzene rings is 1. The van der Waals surface area contributed by atoms with Gasteiger partial charge in [-0.3, -0.25) is 9.89 Å². The maximum absolute atomic E-state index is 14.9. The zero-order valence-corrected chi connectivity index (χ0v) is 23.1. The number of halogens is 6. The summed E-state index contributed by atoms with van der Waals surface area (Å²) >= 11 is 4.44. The van der Waals surface area contributed by atoms with Crippen molar-refractivity contribution in [2.45, 2.75) is 30.9 Å². The van der Waals surface area contributed by atoms with Crippen LogP contribution in [0.1, 0.15) is 23.5 Å². The van der Waals surface area contributed by atoms with Crippen LogP contribution in [0.15, 0.2) is 50.5 Å². The van der Waals surface area contributed by atoms with E-state index >= 15 is 0 Å². The summed E-state index contributed by atoms with van der Waals surface area (Å²) in [7, 11) is 0. The number of esters is 1. The highest BCUT2D eigenvalue weighted by atomic mass is 79.9. The number of nitrogens with zero attached hydrogens (tertiary/aromatic N) is 3. The molecular weight excluding hydrogens is 631 g/mol. The van der Waals surface area contributed by atoms with Crippen molar-refractivity contribution in [3.8, 4) is 0 Å². The maximum Gasteiger partial charge on any atom is 0.338 e. The van der Waals surface area contributed by atoms with E-state index in [0.717, 1.165) is 17.0 Å². The number of aliphatic imine (C=N–C) groups is 1. The zero-order chi connectivity index (χ0) is 29.2.